The molecule has 3 aromatic rings. The van der Waals surface area contributed by atoms with Crippen molar-refractivity contribution in [2.75, 3.05) is 7.11 Å². The Morgan fingerprint density at radius 3 is 2.42 bits per heavy atom. The molecule has 6 heteroatoms. The van der Waals surface area contributed by atoms with Gasteiger partial charge >= 0.3 is 0 Å². The molecule has 0 spiro atoms. The second-order valence-electron chi connectivity index (χ2n) is 5.20. The molecule has 5 nitrogen and oxygen atoms in total. The van der Waals surface area contributed by atoms with E-state index < -0.39 is 0 Å². The van der Waals surface area contributed by atoms with E-state index in [2.05, 4.69) is 10.2 Å². The third kappa shape index (κ3) is 3.49. The summed E-state index contributed by atoms with van der Waals surface area (Å²) in [7, 11) is 3.36. The molecule has 0 N–H and O–H groups in total. The minimum atomic E-state index is -0.145. The van der Waals surface area contributed by atoms with Crippen molar-refractivity contribution < 1.29 is 4.74 Å². The topological polar surface area (TPSA) is 57.0 Å². The van der Waals surface area contributed by atoms with Crippen molar-refractivity contribution in [2.24, 2.45) is 7.05 Å². The van der Waals surface area contributed by atoms with Gasteiger partial charge in [0.2, 0.25) is 0 Å². The first-order valence-corrected chi connectivity index (χ1v) is 8.42. The number of rotatable bonds is 5. The maximum atomic E-state index is 12.5. The molecule has 0 unspecified atom stereocenters. The van der Waals surface area contributed by atoms with E-state index in [-0.39, 0.29) is 5.56 Å². The maximum Gasteiger partial charge on any atom is 0.280 e. The van der Waals surface area contributed by atoms with Crippen molar-refractivity contribution in [1.29, 1.82) is 0 Å². The Hall–Kier alpha value is -2.60. The van der Waals surface area contributed by atoms with Gasteiger partial charge in [-0.25, -0.2) is 0 Å². The SMILES string of the molecule is COc1ccc(CSc2nnc(-c3ccccc3)c(=O)n2C)cc1. The Morgan fingerprint density at radius 1 is 1.04 bits per heavy atom. The van der Waals surface area contributed by atoms with Crippen LogP contribution in [0.5, 0.6) is 5.75 Å². The highest BCUT2D eigenvalue weighted by molar-refractivity contribution is 7.98. The van der Waals surface area contributed by atoms with Crippen LogP contribution in [0.15, 0.2) is 64.5 Å². The summed E-state index contributed by atoms with van der Waals surface area (Å²) in [5, 5.41) is 8.93. The Balaban J connectivity index is 1.79. The minimum absolute atomic E-state index is 0.145. The Morgan fingerprint density at radius 2 is 1.75 bits per heavy atom. The van der Waals surface area contributed by atoms with E-state index in [1.807, 2.05) is 54.6 Å². The Bertz CT molecular complexity index is 877. The predicted octanol–water partition coefficient (Wildman–Crippen LogP) is 3.14. The second-order valence-corrected chi connectivity index (χ2v) is 6.14. The van der Waals surface area contributed by atoms with Gasteiger partial charge in [0.1, 0.15) is 5.75 Å². The molecule has 0 radical (unpaired) electrons. The highest BCUT2D eigenvalue weighted by atomic mass is 32.2. The van der Waals surface area contributed by atoms with Gasteiger partial charge in [-0.05, 0) is 17.7 Å². The molecule has 1 heterocycles. The van der Waals surface area contributed by atoms with Crippen LogP contribution in [-0.2, 0) is 12.8 Å². The van der Waals surface area contributed by atoms with Crippen molar-refractivity contribution in [3.05, 3.63) is 70.5 Å². The van der Waals surface area contributed by atoms with Gasteiger partial charge in [-0.15, -0.1) is 10.2 Å². The first-order valence-electron chi connectivity index (χ1n) is 7.44. The lowest BCUT2D eigenvalue weighted by Crippen LogP contribution is -2.23. The zero-order valence-corrected chi connectivity index (χ0v) is 14.3. The summed E-state index contributed by atoms with van der Waals surface area (Å²) in [6.07, 6.45) is 0. The molecule has 3 rings (SSSR count). The molecule has 122 valence electrons. The van der Waals surface area contributed by atoms with Gasteiger partial charge < -0.3 is 4.74 Å². The third-order valence-corrected chi connectivity index (χ3v) is 4.70. The minimum Gasteiger partial charge on any atom is -0.497 e. The number of hydrogen-bond acceptors (Lipinski definition) is 5. The van der Waals surface area contributed by atoms with Crippen LogP contribution < -0.4 is 10.3 Å². The quantitative estimate of drug-likeness (QED) is 0.669. The molecule has 24 heavy (non-hydrogen) atoms. The first kappa shape index (κ1) is 16.3. The molecule has 0 aliphatic heterocycles. The van der Waals surface area contributed by atoms with Gasteiger partial charge in [-0.3, -0.25) is 9.36 Å². The number of aromatic nitrogens is 3. The van der Waals surface area contributed by atoms with E-state index >= 15 is 0 Å². The molecule has 0 amide bonds. The highest BCUT2D eigenvalue weighted by Gasteiger charge is 2.11. The average molecular weight is 339 g/mol. The Labute approximate surface area is 144 Å². The number of hydrogen-bond donors (Lipinski definition) is 0. The van der Waals surface area contributed by atoms with Crippen LogP contribution in [0, 0.1) is 0 Å². The molecule has 0 aliphatic carbocycles. The van der Waals surface area contributed by atoms with Crippen molar-refractivity contribution in [3.63, 3.8) is 0 Å². The molecule has 0 saturated carbocycles. The van der Waals surface area contributed by atoms with Crippen molar-refractivity contribution in [3.8, 4) is 17.0 Å². The average Bonchev–Trinajstić information content (AvgIpc) is 2.64. The van der Waals surface area contributed by atoms with Crippen LogP contribution in [0.3, 0.4) is 0 Å². The van der Waals surface area contributed by atoms with Crippen LogP contribution in [0.2, 0.25) is 0 Å². The van der Waals surface area contributed by atoms with Crippen molar-refractivity contribution in [1.82, 2.24) is 14.8 Å². The molecular formula is C18H17N3O2S. The molecule has 0 atom stereocenters. The summed E-state index contributed by atoms with van der Waals surface area (Å²) in [5.41, 5.74) is 2.12. The van der Waals surface area contributed by atoms with Gasteiger partial charge in [0.15, 0.2) is 10.9 Å². The predicted molar refractivity (Wildman–Crippen MR) is 95.3 cm³/mol. The molecule has 0 bridgehead atoms. The standard InChI is InChI=1S/C18H17N3O2S/c1-21-17(22)16(14-6-4-3-5-7-14)19-20-18(21)24-12-13-8-10-15(23-2)11-9-13/h3-11H,12H2,1-2H3. The van der Waals surface area contributed by atoms with E-state index in [1.54, 1.807) is 18.7 Å². The summed E-state index contributed by atoms with van der Waals surface area (Å²) >= 11 is 1.48. The van der Waals surface area contributed by atoms with E-state index in [4.69, 9.17) is 4.74 Å². The number of thioether (sulfide) groups is 1. The normalized spacial score (nSPS) is 10.6. The Kier molecular flexibility index (Phi) is 4.96. The molecular weight excluding hydrogens is 322 g/mol. The zero-order chi connectivity index (χ0) is 16.9. The van der Waals surface area contributed by atoms with Gasteiger partial charge in [0.05, 0.1) is 7.11 Å². The van der Waals surface area contributed by atoms with Crippen LogP contribution in [0.4, 0.5) is 0 Å². The number of ether oxygens (including phenoxy) is 1. The van der Waals surface area contributed by atoms with Crippen molar-refractivity contribution in [2.45, 2.75) is 10.9 Å². The summed E-state index contributed by atoms with van der Waals surface area (Å²) < 4.78 is 6.69. The van der Waals surface area contributed by atoms with E-state index in [9.17, 15) is 4.79 Å². The molecule has 0 saturated heterocycles. The van der Waals surface area contributed by atoms with Gasteiger partial charge in [-0.1, -0.05) is 54.2 Å². The van der Waals surface area contributed by atoms with Crippen molar-refractivity contribution >= 4 is 11.8 Å². The fourth-order valence-electron chi connectivity index (χ4n) is 2.22. The van der Waals surface area contributed by atoms with E-state index in [0.717, 1.165) is 16.9 Å². The van der Waals surface area contributed by atoms with Crippen LogP contribution >= 0.6 is 11.8 Å². The van der Waals surface area contributed by atoms with Crippen LogP contribution in [0.1, 0.15) is 5.56 Å². The van der Waals surface area contributed by atoms with Gasteiger partial charge in [0, 0.05) is 18.4 Å². The summed E-state index contributed by atoms with van der Waals surface area (Å²) in [4.78, 5) is 12.5. The highest BCUT2D eigenvalue weighted by Crippen LogP contribution is 2.21. The molecule has 1 aromatic heterocycles. The van der Waals surface area contributed by atoms with E-state index in [1.165, 1.54) is 11.8 Å². The fraction of sp³-hybridized carbons (Fsp3) is 0.167. The monoisotopic (exact) mass is 339 g/mol. The number of nitrogens with zero attached hydrogens (tertiary/aromatic N) is 3. The van der Waals surface area contributed by atoms with Crippen LogP contribution in [0.25, 0.3) is 11.3 Å². The number of methoxy groups -OCH3 is 1. The van der Waals surface area contributed by atoms with E-state index in [0.29, 0.717) is 16.6 Å². The lowest BCUT2D eigenvalue weighted by atomic mass is 10.2. The van der Waals surface area contributed by atoms with Crippen LogP contribution in [-0.4, -0.2) is 21.9 Å². The van der Waals surface area contributed by atoms with Gasteiger partial charge in [0.25, 0.3) is 5.56 Å². The summed E-state index contributed by atoms with van der Waals surface area (Å²) in [6, 6.07) is 17.2. The first-order chi connectivity index (χ1) is 11.7. The lowest BCUT2D eigenvalue weighted by molar-refractivity contribution is 0.414. The second kappa shape index (κ2) is 7.31. The molecule has 0 fully saturated rings. The summed E-state index contributed by atoms with van der Waals surface area (Å²) in [5.74, 6) is 1.53. The number of benzene rings is 2. The maximum absolute atomic E-state index is 12.5. The molecule has 0 aliphatic rings. The fourth-order valence-corrected chi connectivity index (χ4v) is 3.08. The smallest absolute Gasteiger partial charge is 0.280 e. The van der Waals surface area contributed by atoms with Gasteiger partial charge in [-0.2, -0.15) is 0 Å². The summed E-state index contributed by atoms with van der Waals surface area (Å²) in [6.45, 7) is 0. The lowest BCUT2D eigenvalue weighted by Gasteiger charge is -2.08. The largest absolute Gasteiger partial charge is 0.497 e. The zero-order valence-electron chi connectivity index (χ0n) is 13.5. The molecule has 2 aromatic carbocycles. The third-order valence-electron chi connectivity index (χ3n) is 3.60.